The van der Waals surface area contributed by atoms with E-state index in [0.29, 0.717) is 19.1 Å². The average molecular weight is 290 g/mol. The summed E-state index contributed by atoms with van der Waals surface area (Å²) in [7, 11) is 1.79. The molecule has 2 rings (SSSR count). The number of carbonyl (C=O) groups is 1. The molecule has 1 aromatic rings. The highest BCUT2D eigenvalue weighted by molar-refractivity contribution is 5.86. The fraction of sp³-hybridized carbons (Fsp3) is 0.588. The van der Waals surface area contributed by atoms with Gasteiger partial charge in [0.05, 0.1) is 12.1 Å². The molecule has 4 nitrogen and oxygen atoms in total. The molecular formula is C17H26N2O2. The van der Waals surface area contributed by atoms with Gasteiger partial charge in [0.2, 0.25) is 5.91 Å². The summed E-state index contributed by atoms with van der Waals surface area (Å²) in [6.45, 7) is 6.96. The van der Waals surface area contributed by atoms with Gasteiger partial charge in [0.1, 0.15) is 12.4 Å². The highest BCUT2D eigenvalue weighted by atomic mass is 16.5. The fourth-order valence-corrected chi connectivity index (χ4v) is 2.69. The number of ether oxygens (including phenoxy) is 1. The normalized spacial score (nSPS) is 17.2. The maximum Gasteiger partial charge on any atom is 0.242 e. The Morgan fingerprint density at radius 2 is 1.90 bits per heavy atom. The molecule has 0 saturated heterocycles. The summed E-state index contributed by atoms with van der Waals surface area (Å²) in [6, 6.07) is 6.12. The molecule has 0 spiro atoms. The Labute approximate surface area is 127 Å². The first-order chi connectivity index (χ1) is 9.80. The van der Waals surface area contributed by atoms with Crippen molar-refractivity contribution in [2.24, 2.45) is 11.7 Å². The standard InChI is InChI=1S/C17H26N2O2/c1-12-9-13(2)11-15(10-12)21-8-7-19(4)16(20)17(3,18)14-5-6-14/h9-11,14H,5-8,18H2,1-4H3. The third-order valence-electron chi connectivity index (χ3n) is 4.12. The molecule has 116 valence electrons. The van der Waals surface area contributed by atoms with Crippen LogP contribution in [0.5, 0.6) is 5.75 Å². The van der Waals surface area contributed by atoms with Crippen LogP contribution < -0.4 is 10.5 Å². The van der Waals surface area contributed by atoms with Crippen LogP contribution in [0.2, 0.25) is 0 Å². The van der Waals surface area contributed by atoms with Gasteiger partial charge in [-0.15, -0.1) is 0 Å². The molecule has 0 radical (unpaired) electrons. The molecule has 0 aliphatic heterocycles. The molecule has 0 aromatic heterocycles. The van der Waals surface area contributed by atoms with Crippen LogP contribution in [-0.4, -0.2) is 36.5 Å². The third-order valence-corrected chi connectivity index (χ3v) is 4.12. The lowest BCUT2D eigenvalue weighted by molar-refractivity contribution is -0.136. The number of nitrogens with two attached hydrogens (primary N) is 1. The Bertz CT molecular complexity index is 501. The van der Waals surface area contributed by atoms with E-state index < -0.39 is 5.54 Å². The van der Waals surface area contributed by atoms with Gasteiger partial charge in [-0.3, -0.25) is 4.79 Å². The van der Waals surface area contributed by atoms with E-state index in [2.05, 4.69) is 6.07 Å². The summed E-state index contributed by atoms with van der Waals surface area (Å²) in [5, 5.41) is 0. The summed E-state index contributed by atoms with van der Waals surface area (Å²) in [4.78, 5) is 14.0. The largest absolute Gasteiger partial charge is 0.492 e. The van der Waals surface area contributed by atoms with Crippen molar-refractivity contribution in [3.8, 4) is 5.75 Å². The predicted molar refractivity (Wildman–Crippen MR) is 84.4 cm³/mol. The monoisotopic (exact) mass is 290 g/mol. The zero-order chi connectivity index (χ0) is 15.6. The molecule has 2 N–H and O–H groups in total. The maximum absolute atomic E-state index is 12.3. The Hall–Kier alpha value is -1.55. The van der Waals surface area contributed by atoms with Gasteiger partial charge >= 0.3 is 0 Å². The SMILES string of the molecule is Cc1cc(C)cc(OCCN(C)C(=O)C(C)(N)C2CC2)c1. The Morgan fingerprint density at radius 3 is 2.43 bits per heavy atom. The molecule has 1 unspecified atom stereocenters. The van der Waals surface area contributed by atoms with Crippen molar-refractivity contribution in [1.29, 1.82) is 0 Å². The second-order valence-electron chi connectivity index (χ2n) is 6.46. The van der Waals surface area contributed by atoms with Crippen LogP contribution in [0.4, 0.5) is 0 Å². The van der Waals surface area contributed by atoms with E-state index in [1.54, 1.807) is 11.9 Å². The molecule has 1 atom stereocenters. The van der Waals surface area contributed by atoms with Gasteiger partial charge in [-0.1, -0.05) is 6.07 Å². The third kappa shape index (κ3) is 3.97. The Morgan fingerprint density at radius 1 is 1.33 bits per heavy atom. The van der Waals surface area contributed by atoms with Crippen LogP contribution in [-0.2, 0) is 4.79 Å². The molecular weight excluding hydrogens is 264 g/mol. The van der Waals surface area contributed by atoms with Crippen LogP contribution >= 0.6 is 0 Å². The molecule has 1 fully saturated rings. The van der Waals surface area contributed by atoms with E-state index in [1.807, 2.05) is 32.9 Å². The minimum atomic E-state index is -0.728. The van der Waals surface area contributed by atoms with E-state index in [0.717, 1.165) is 18.6 Å². The van der Waals surface area contributed by atoms with E-state index in [-0.39, 0.29) is 5.91 Å². The van der Waals surface area contributed by atoms with Crippen molar-refractivity contribution in [3.63, 3.8) is 0 Å². The van der Waals surface area contributed by atoms with Gasteiger partial charge < -0.3 is 15.4 Å². The number of amides is 1. The molecule has 1 aliphatic rings. The summed E-state index contributed by atoms with van der Waals surface area (Å²) < 4.78 is 5.74. The number of carbonyl (C=O) groups excluding carboxylic acids is 1. The molecule has 1 amide bonds. The minimum absolute atomic E-state index is 0.00835. The summed E-state index contributed by atoms with van der Waals surface area (Å²) in [5.41, 5.74) is 7.79. The van der Waals surface area contributed by atoms with Crippen molar-refractivity contribution in [3.05, 3.63) is 29.3 Å². The molecule has 1 aromatic carbocycles. The highest BCUT2D eigenvalue weighted by Gasteiger charge is 2.45. The van der Waals surface area contributed by atoms with Gasteiger partial charge in [-0.05, 0) is 62.8 Å². The molecule has 21 heavy (non-hydrogen) atoms. The quantitative estimate of drug-likeness (QED) is 0.874. The van der Waals surface area contributed by atoms with Crippen molar-refractivity contribution in [1.82, 2.24) is 4.90 Å². The van der Waals surface area contributed by atoms with E-state index in [1.165, 1.54) is 11.1 Å². The van der Waals surface area contributed by atoms with Crippen LogP contribution in [0.3, 0.4) is 0 Å². The number of aryl methyl sites for hydroxylation is 2. The second-order valence-corrected chi connectivity index (χ2v) is 6.46. The van der Waals surface area contributed by atoms with E-state index in [4.69, 9.17) is 10.5 Å². The lowest BCUT2D eigenvalue weighted by Crippen LogP contribution is -2.54. The Balaban J connectivity index is 1.83. The average Bonchev–Trinajstić information content (AvgIpc) is 3.21. The summed E-state index contributed by atoms with van der Waals surface area (Å²) in [6.07, 6.45) is 2.12. The van der Waals surface area contributed by atoms with E-state index in [9.17, 15) is 4.79 Å². The zero-order valence-corrected chi connectivity index (χ0v) is 13.5. The number of nitrogens with zero attached hydrogens (tertiary/aromatic N) is 1. The molecule has 1 saturated carbocycles. The van der Waals surface area contributed by atoms with Gasteiger partial charge in [0.25, 0.3) is 0 Å². The highest BCUT2D eigenvalue weighted by Crippen LogP contribution is 2.38. The van der Waals surface area contributed by atoms with Crippen LogP contribution in [0.1, 0.15) is 30.9 Å². The van der Waals surface area contributed by atoms with Crippen molar-refractivity contribution in [2.45, 2.75) is 39.2 Å². The van der Waals surface area contributed by atoms with E-state index >= 15 is 0 Å². The topological polar surface area (TPSA) is 55.6 Å². The number of likely N-dealkylation sites (N-methyl/N-ethyl adjacent to an activating group) is 1. The fourth-order valence-electron chi connectivity index (χ4n) is 2.69. The molecule has 1 aliphatic carbocycles. The molecule has 0 bridgehead atoms. The van der Waals surface area contributed by atoms with Gasteiger partial charge in [-0.25, -0.2) is 0 Å². The number of hydrogen-bond donors (Lipinski definition) is 1. The van der Waals surface area contributed by atoms with Crippen LogP contribution in [0.25, 0.3) is 0 Å². The zero-order valence-electron chi connectivity index (χ0n) is 13.5. The number of hydrogen-bond acceptors (Lipinski definition) is 3. The molecule has 0 heterocycles. The van der Waals surface area contributed by atoms with Crippen molar-refractivity contribution in [2.75, 3.05) is 20.2 Å². The number of benzene rings is 1. The lowest BCUT2D eigenvalue weighted by Gasteiger charge is -2.29. The summed E-state index contributed by atoms with van der Waals surface area (Å²) >= 11 is 0. The predicted octanol–water partition coefficient (Wildman–Crippen LogP) is 2.27. The van der Waals surface area contributed by atoms with Gasteiger partial charge in [-0.2, -0.15) is 0 Å². The first-order valence-corrected chi connectivity index (χ1v) is 7.56. The summed E-state index contributed by atoms with van der Waals surface area (Å²) in [5.74, 6) is 1.20. The minimum Gasteiger partial charge on any atom is -0.492 e. The van der Waals surface area contributed by atoms with Crippen molar-refractivity contribution >= 4 is 5.91 Å². The van der Waals surface area contributed by atoms with Crippen molar-refractivity contribution < 1.29 is 9.53 Å². The first kappa shape index (κ1) is 15.8. The first-order valence-electron chi connectivity index (χ1n) is 7.56. The van der Waals surface area contributed by atoms with Gasteiger partial charge in [0.15, 0.2) is 0 Å². The smallest absolute Gasteiger partial charge is 0.242 e. The number of rotatable bonds is 6. The molecule has 4 heteroatoms. The maximum atomic E-state index is 12.3. The Kier molecular flexibility index (Phi) is 4.57. The van der Waals surface area contributed by atoms with Gasteiger partial charge in [0, 0.05) is 7.05 Å². The van der Waals surface area contributed by atoms with Crippen LogP contribution in [0.15, 0.2) is 18.2 Å². The van der Waals surface area contributed by atoms with Crippen LogP contribution in [0, 0.1) is 19.8 Å². The lowest BCUT2D eigenvalue weighted by atomic mass is 9.95. The second kappa shape index (κ2) is 6.06.